The van der Waals surface area contributed by atoms with Gasteiger partial charge in [-0.3, -0.25) is 4.79 Å². The van der Waals surface area contributed by atoms with Gasteiger partial charge in [0.2, 0.25) is 0 Å². The van der Waals surface area contributed by atoms with Crippen LogP contribution in [0.15, 0.2) is 78.9 Å². The number of benzene rings is 3. The predicted octanol–water partition coefficient (Wildman–Crippen LogP) is 4.80. The van der Waals surface area contributed by atoms with E-state index in [1.165, 1.54) is 5.56 Å². The van der Waals surface area contributed by atoms with Gasteiger partial charge >= 0.3 is 0 Å². The van der Waals surface area contributed by atoms with Crippen LogP contribution in [0.4, 0.5) is 0 Å². The summed E-state index contributed by atoms with van der Waals surface area (Å²) in [5, 5.41) is 2.99. The SMILES string of the molecule is C[N+](C)(C)CCNC(=O)c1ccc(-c2ccc(OCCCc3ccccc3)cc2)cc1. The lowest BCUT2D eigenvalue weighted by molar-refractivity contribution is -0.869. The minimum absolute atomic E-state index is 0.0285. The molecule has 0 fully saturated rings. The van der Waals surface area contributed by atoms with E-state index in [2.05, 4.69) is 62.9 Å². The first-order valence-corrected chi connectivity index (χ1v) is 10.9. The summed E-state index contributed by atoms with van der Waals surface area (Å²) in [5.41, 5.74) is 4.21. The Bertz CT molecular complexity index is 943. The normalized spacial score (nSPS) is 11.2. The molecule has 0 spiro atoms. The van der Waals surface area contributed by atoms with E-state index in [-0.39, 0.29) is 5.91 Å². The molecule has 0 heterocycles. The molecule has 0 saturated heterocycles. The number of quaternary nitrogens is 1. The number of carbonyl (C=O) groups excluding carboxylic acids is 1. The zero-order valence-corrected chi connectivity index (χ0v) is 18.8. The van der Waals surface area contributed by atoms with Crippen molar-refractivity contribution in [3.8, 4) is 16.9 Å². The molecular formula is C27H33N2O2+. The average Bonchev–Trinajstić information content (AvgIpc) is 2.77. The van der Waals surface area contributed by atoms with E-state index >= 15 is 0 Å². The largest absolute Gasteiger partial charge is 0.494 e. The second-order valence-electron chi connectivity index (χ2n) is 8.81. The summed E-state index contributed by atoms with van der Waals surface area (Å²) < 4.78 is 6.70. The quantitative estimate of drug-likeness (QED) is 0.380. The number of aryl methyl sites for hydroxylation is 1. The minimum Gasteiger partial charge on any atom is -0.494 e. The summed E-state index contributed by atoms with van der Waals surface area (Å²) in [6.45, 7) is 2.26. The lowest BCUT2D eigenvalue weighted by Crippen LogP contribution is -2.41. The van der Waals surface area contributed by atoms with Gasteiger partial charge in [-0.05, 0) is 53.8 Å². The van der Waals surface area contributed by atoms with E-state index in [9.17, 15) is 4.79 Å². The first kappa shape index (κ1) is 22.6. The third-order valence-corrected chi connectivity index (χ3v) is 5.12. The molecule has 0 unspecified atom stereocenters. The fourth-order valence-electron chi connectivity index (χ4n) is 3.28. The van der Waals surface area contributed by atoms with Crippen molar-refractivity contribution in [2.75, 3.05) is 40.8 Å². The van der Waals surface area contributed by atoms with Crippen molar-refractivity contribution >= 4 is 5.91 Å². The Hall–Kier alpha value is -3.11. The van der Waals surface area contributed by atoms with Gasteiger partial charge in [-0.15, -0.1) is 0 Å². The molecule has 4 nitrogen and oxygen atoms in total. The third-order valence-electron chi connectivity index (χ3n) is 5.12. The fourth-order valence-corrected chi connectivity index (χ4v) is 3.28. The standard InChI is InChI=1S/C27H32N2O2/c1-29(2,3)20-19-28-27(30)25-13-11-23(12-14-25)24-15-17-26(18-16-24)31-21-7-10-22-8-5-4-6-9-22/h4-6,8-9,11-18H,7,10,19-21H2,1-3H3/p+1. The Morgan fingerprint density at radius 2 is 1.45 bits per heavy atom. The number of hydrogen-bond donors (Lipinski definition) is 1. The molecule has 3 aromatic rings. The summed E-state index contributed by atoms with van der Waals surface area (Å²) in [4.78, 5) is 12.3. The molecule has 0 aliphatic carbocycles. The molecule has 0 atom stereocenters. The maximum absolute atomic E-state index is 12.3. The van der Waals surface area contributed by atoms with Gasteiger partial charge in [0.25, 0.3) is 5.91 Å². The zero-order chi connectivity index (χ0) is 22.1. The van der Waals surface area contributed by atoms with E-state index in [4.69, 9.17) is 4.74 Å². The number of amides is 1. The number of likely N-dealkylation sites (N-methyl/N-ethyl adjacent to an activating group) is 1. The number of nitrogens with zero attached hydrogens (tertiary/aromatic N) is 1. The number of carbonyl (C=O) groups is 1. The van der Waals surface area contributed by atoms with Gasteiger partial charge in [0, 0.05) is 5.56 Å². The zero-order valence-electron chi connectivity index (χ0n) is 18.8. The fraction of sp³-hybridized carbons (Fsp3) is 0.296. The van der Waals surface area contributed by atoms with Crippen LogP contribution in [-0.2, 0) is 6.42 Å². The monoisotopic (exact) mass is 417 g/mol. The van der Waals surface area contributed by atoms with Gasteiger partial charge in [-0.25, -0.2) is 0 Å². The molecule has 1 N–H and O–H groups in total. The molecule has 31 heavy (non-hydrogen) atoms. The first-order valence-electron chi connectivity index (χ1n) is 10.9. The molecular weight excluding hydrogens is 384 g/mol. The van der Waals surface area contributed by atoms with Gasteiger partial charge in [0.1, 0.15) is 5.75 Å². The Morgan fingerprint density at radius 1 is 0.839 bits per heavy atom. The van der Waals surface area contributed by atoms with E-state index < -0.39 is 0 Å². The van der Waals surface area contributed by atoms with Crippen molar-refractivity contribution in [3.05, 3.63) is 90.0 Å². The van der Waals surface area contributed by atoms with Crippen LogP contribution >= 0.6 is 0 Å². The highest BCUT2D eigenvalue weighted by Crippen LogP contribution is 2.23. The van der Waals surface area contributed by atoms with Crippen LogP contribution in [0.25, 0.3) is 11.1 Å². The van der Waals surface area contributed by atoms with Crippen molar-refractivity contribution in [1.82, 2.24) is 5.32 Å². The van der Waals surface area contributed by atoms with Gasteiger partial charge in [-0.1, -0.05) is 54.6 Å². The van der Waals surface area contributed by atoms with Crippen molar-refractivity contribution in [2.24, 2.45) is 0 Å². The Morgan fingerprint density at radius 3 is 2.06 bits per heavy atom. The van der Waals surface area contributed by atoms with E-state index in [0.717, 1.165) is 40.7 Å². The highest BCUT2D eigenvalue weighted by Gasteiger charge is 2.10. The van der Waals surface area contributed by atoms with Crippen LogP contribution in [0.5, 0.6) is 5.75 Å². The highest BCUT2D eigenvalue weighted by molar-refractivity contribution is 5.94. The van der Waals surface area contributed by atoms with Crippen LogP contribution < -0.4 is 10.1 Å². The second kappa shape index (κ2) is 10.8. The molecule has 0 aliphatic rings. The number of hydrogen-bond acceptors (Lipinski definition) is 2. The Labute approximate surface area is 186 Å². The Kier molecular flexibility index (Phi) is 7.85. The molecule has 0 aliphatic heterocycles. The minimum atomic E-state index is -0.0285. The van der Waals surface area contributed by atoms with Crippen molar-refractivity contribution in [2.45, 2.75) is 12.8 Å². The molecule has 3 rings (SSSR count). The van der Waals surface area contributed by atoms with Crippen molar-refractivity contribution < 1.29 is 14.0 Å². The first-order chi connectivity index (χ1) is 14.9. The molecule has 162 valence electrons. The second-order valence-corrected chi connectivity index (χ2v) is 8.81. The maximum atomic E-state index is 12.3. The van der Waals surface area contributed by atoms with E-state index in [0.29, 0.717) is 18.7 Å². The number of rotatable bonds is 10. The maximum Gasteiger partial charge on any atom is 0.251 e. The third kappa shape index (κ3) is 7.58. The molecule has 0 aromatic heterocycles. The van der Waals surface area contributed by atoms with Crippen molar-refractivity contribution in [1.29, 1.82) is 0 Å². The molecule has 0 radical (unpaired) electrons. The summed E-state index contributed by atoms with van der Waals surface area (Å²) >= 11 is 0. The van der Waals surface area contributed by atoms with Gasteiger partial charge < -0.3 is 14.5 Å². The lowest BCUT2D eigenvalue weighted by atomic mass is 10.0. The number of ether oxygens (including phenoxy) is 1. The topological polar surface area (TPSA) is 38.3 Å². The van der Waals surface area contributed by atoms with Crippen LogP contribution in [0.2, 0.25) is 0 Å². The summed E-state index contributed by atoms with van der Waals surface area (Å²) in [7, 11) is 6.34. The van der Waals surface area contributed by atoms with Crippen LogP contribution in [0.1, 0.15) is 22.3 Å². The smallest absolute Gasteiger partial charge is 0.251 e. The van der Waals surface area contributed by atoms with E-state index in [1.54, 1.807) is 0 Å². The summed E-state index contributed by atoms with van der Waals surface area (Å²) in [6.07, 6.45) is 2.01. The number of nitrogens with one attached hydrogen (secondary N) is 1. The molecule has 0 saturated carbocycles. The summed E-state index contributed by atoms with van der Waals surface area (Å²) in [6, 6.07) is 26.3. The summed E-state index contributed by atoms with van der Waals surface area (Å²) in [5.74, 6) is 0.851. The molecule has 4 heteroatoms. The van der Waals surface area contributed by atoms with E-state index in [1.807, 2.05) is 42.5 Å². The van der Waals surface area contributed by atoms with Crippen molar-refractivity contribution in [3.63, 3.8) is 0 Å². The average molecular weight is 418 g/mol. The van der Waals surface area contributed by atoms with Crippen LogP contribution in [0, 0.1) is 0 Å². The van der Waals surface area contributed by atoms with Crippen LogP contribution in [0.3, 0.4) is 0 Å². The van der Waals surface area contributed by atoms with Gasteiger partial charge in [0.05, 0.1) is 40.8 Å². The predicted molar refractivity (Wildman–Crippen MR) is 127 cm³/mol. The molecule has 1 amide bonds. The van der Waals surface area contributed by atoms with Gasteiger partial charge in [-0.2, -0.15) is 0 Å². The van der Waals surface area contributed by atoms with Gasteiger partial charge in [0.15, 0.2) is 0 Å². The van der Waals surface area contributed by atoms with Crippen LogP contribution in [-0.4, -0.2) is 51.2 Å². The molecule has 3 aromatic carbocycles. The lowest BCUT2D eigenvalue weighted by Gasteiger charge is -2.23. The Balaban J connectivity index is 1.47. The molecule has 0 bridgehead atoms. The highest BCUT2D eigenvalue weighted by atomic mass is 16.5.